The Hall–Kier alpha value is -1.57. The van der Waals surface area contributed by atoms with Gasteiger partial charge < -0.3 is 5.32 Å². The Morgan fingerprint density at radius 2 is 2.12 bits per heavy atom. The highest BCUT2D eigenvalue weighted by atomic mass is 15.0. The Bertz CT molecular complexity index is 395. The van der Waals surface area contributed by atoms with Crippen molar-refractivity contribution in [2.45, 2.75) is 33.6 Å². The molecular weight excluding hydrogens is 196 g/mol. The Morgan fingerprint density at radius 1 is 1.50 bits per heavy atom. The molecule has 16 heavy (non-hydrogen) atoms. The zero-order valence-electron chi connectivity index (χ0n) is 10.4. The van der Waals surface area contributed by atoms with Crippen LogP contribution in [0.3, 0.4) is 0 Å². The highest BCUT2D eigenvalue weighted by molar-refractivity contribution is 5.83. The predicted octanol–water partition coefficient (Wildman–Crippen LogP) is 3.71. The van der Waals surface area contributed by atoms with Crippen molar-refractivity contribution in [3.05, 3.63) is 48.0 Å². The topological polar surface area (TPSA) is 34.3 Å². The van der Waals surface area contributed by atoms with Crippen molar-refractivity contribution >= 4 is 5.71 Å². The molecule has 1 N–H and O–H groups in total. The summed E-state index contributed by atoms with van der Waals surface area (Å²) in [6.07, 6.45) is 5.96. The molecular formula is C14H20N2. The van der Waals surface area contributed by atoms with E-state index in [1.54, 1.807) is 6.08 Å². The molecule has 2 nitrogen and oxygen atoms in total. The highest BCUT2D eigenvalue weighted by Crippen LogP contribution is 2.21. The number of rotatable bonds is 6. The van der Waals surface area contributed by atoms with E-state index in [1.807, 2.05) is 19.9 Å². The first-order valence-corrected chi connectivity index (χ1v) is 5.64. The molecule has 0 unspecified atom stereocenters. The van der Waals surface area contributed by atoms with Crippen LogP contribution in [0.2, 0.25) is 0 Å². The minimum Gasteiger partial charge on any atom is -0.356 e. The molecule has 0 aromatic rings. The third-order valence-corrected chi connectivity index (χ3v) is 2.45. The van der Waals surface area contributed by atoms with Crippen molar-refractivity contribution < 1.29 is 0 Å². The summed E-state index contributed by atoms with van der Waals surface area (Å²) in [6, 6.07) is 0. The second-order valence-corrected chi connectivity index (χ2v) is 4.01. The van der Waals surface area contributed by atoms with E-state index >= 15 is 0 Å². The van der Waals surface area contributed by atoms with Crippen molar-refractivity contribution in [3.63, 3.8) is 0 Å². The first-order chi connectivity index (χ1) is 7.58. The van der Waals surface area contributed by atoms with Gasteiger partial charge >= 0.3 is 0 Å². The van der Waals surface area contributed by atoms with E-state index in [0.29, 0.717) is 0 Å². The van der Waals surface area contributed by atoms with Crippen LogP contribution < -0.4 is 5.32 Å². The first kappa shape index (κ1) is 12.5. The van der Waals surface area contributed by atoms with Gasteiger partial charge in [-0.2, -0.15) is 0 Å². The van der Waals surface area contributed by atoms with Crippen molar-refractivity contribution in [1.82, 2.24) is 5.32 Å². The van der Waals surface area contributed by atoms with Gasteiger partial charge in [-0.1, -0.05) is 32.6 Å². The minimum absolute atomic E-state index is 0.787. The molecule has 0 saturated carbocycles. The number of nitrogens with one attached hydrogen (secondary N) is 1. The summed E-state index contributed by atoms with van der Waals surface area (Å²) in [7, 11) is 0. The van der Waals surface area contributed by atoms with Crippen molar-refractivity contribution in [3.8, 4) is 0 Å². The average Bonchev–Trinajstić information content (AvgIpc) is 2.91. The maximum Gasteiger partial charge on any atom is 0.0630 e. The number of aliphatic imine (C=N–C) groups is 1. The van der Waals surface area contributed by atoms with Gasteiger partial charge in [0.1, 0.15) is 0 Å². The van der Waals surface area contributed by atoms with Gasteiger partial charge in [0.05, 0.1) is 11.4 Å². The van der Waals surface area contributed by atoms with Gasteiger partial charge in [-0.05, 0) is 26.3 Å². The third-order valence-electron chi connectivity index (χ3n) is 2.45. The summed E-state index contributed by atoms with van der Waals surface area (Å²) in [5, 5.41) is 3.15. The van der Waals surface area contributed by atoms with Gasteiger partial charge in [0.15, 0.2) is 0 Å². The van der Waals surface area contributed by atoms with Crippen molar-refractivity contribution in [1.29, 1.82) is 0 Å². The molecule has 0 aliphatic carbocycles. The summed E-state index contributed by atoms with van der Waals surface area (Å²) in [4.78, 5) is 4.48. The maximum atomic E-state index is 4.48. The zero-order valence-corrected chi connectivity index (χ0v) is 10.4. The number of hydrogen-bond donors (Lipinski definition) is 1. The fourth-order valence-electron chi connectivity index (χ4n) is 1.44. The highest BCUT2D eigenvalue weighted by Gasteiger charge is 2.13. The maximum absolute atomic E-state index is 4.48. The normalized spacial score (nSPS) is 15.9. The standard InChI is InChI=1S/C14H20N2/c1-6-8-10(3)15-11(4)13(7-2)9-14-12(5)16-14/h7,9,16H,2,4,6,8H2,1,3,5H3/b13-9+,15-10?. The molecule has 0 aromatic carbocycles. The second kappa shape index (κ2) is 5.50. The van der Waals surface area contributed by atoms with Crippen LogP contribution in [0.5, 0.6) is 0 Å². The fraction of sp³-hybridized carbons (Fsp3) is 0.357. The number of allylic oxidation sites excluding steroid dienone is 3. The van der Waals surface area contributed by atoms with E-state index in [4.69, 9.17) is 0 Å². The lowest BCUT2D eigenvalue weighted by Gasteiger charge is -2.02. The Kier molecular flexibility index (Phi) is 4.29. The molecule has 86 valence electrons. The van der Waals surface area contributed by atoms with Crippen LogP contribution >= 0.6 is 0 Å². The number of hydrogen-bond acceptors (Lipinski definition) is 2. The lowest BCUT2D eigenvalue weighted by atomic mass is 10.1. The molecule has 0 radical (unpaired) electrons. The van der Waals surface area contributed by atoms with Gasteiger partial charge in [-0.25, -0.2) is 0 Å². The fourth-order valence-corrected chi connectivity index (χ4v) is 1.44. The van der Waals surface area contributed by atoms with E-state index in [-0.39, 0.29) is 0 Å². The van der Waals surface area contributed by atoms with Crippen LogP contribution in [-0.2, 0) is 0 Å². The van der Waals surface area contributed by atoms with E-state index < -0.39 is 0 Å². The van der Waals surface area contributed by atoms with E-state index in [1.165, 1.54) is 5.70 Å². The lowest BCUT2D eigenvalue weighted by Crippen LogP contribution is -1.92. The summed E-state index contributed by atoms with van der Waals surface area (Å²) >= 11 is 0. The molecule has 1 aliphatic rings. The summed E-state index contributed by atoms with van der Waals surface area (Å²) in [5.41, 5.74) is 5.25. The molecule has 0 spiro atoms. The molecule has 0 amide bonds. The molecule has 1 heterocycles. The van der Waals surface area contributed by atoms with Gasteiger partial charge in [-0.15, -0.1) is 0 Å². The van der Waals surface area contributed by atoms with E-state index in [2.05, 4.69) is 30.4 Å². The SMILES string of the molecule is C=C/C(=C\C1=C(C)N1)C(=C)N=C(C)CCC. The predicted molar refractivity (Wildman–Crippen MR) is 71.3 cm³/mol. The van der Waals surface area contributed by atoms with Crippen LogP contribution in [0.25, 0.3) is 0 Å². The number of nitrogens with zero attached hydrogens (tertiary/aromatic N) is 1. The van der Waals surface area contributed by atoms with E-state index in [0.717, 1.165) is 35.5 Å². The summed E-state index contributed by atoms with van der Waals surface area (Å²) < 4.78 is 0. The Labute approximate surface area is 98.2 Å². The Morgan fingerprint density at radius 3 is 2.56 bits per heavy atom. The molecule has 0 fully saturated rings. The minimum atomic E-state index is 0.787. The van der Waals surface area contributed by atoms with Crippen LogP contribution in [-0.4, -0.2) is 5.71 Å². The van der Waals surface area contributed by atoms with Crippen LogP contribution in [0.15, 0.2) is 53.0 Å². The summed E-state index contributed by atoms with van der Waals surface area (Å²) in [5.74, 6) is 0. The summed E-state index contributed by atoms with van der Waals surface area (Å²) in [6.45, 7) is 14.0. The monoisotopic (exact) mass is 216 g/mol. The molecule has 1 rings (SSSR count). The Balaban J connectivity index is 2.74. The molecule has 0 aromatic heterocycles. The molecule has 0 saturated heterocycles. The van der Waals surface area contributed by atoms with Crippen LogP contribution in [0.1, 0.15) is 33.6 Å². The third kappa shape index (κ3) is 3.54. The van der Waals surface area contributed by atoms with Gasteiger partial charge in [0.25, 0.3) is 0 Å². The average molecular weight is 216 g/mol. The molecule has 2 heteroatoms. The van der Waals surface area contributed by atoms with Crippen LogP contribution in [0.4, 0.5) is 0 Å². The quantitative estimate of drug-likeness (QED) is 0.533. The van der Waals surface area contributed by atoms with Crippen molar-refractivity contribution in [2.24, 2.45) is 4.99 Å². The van der Waals surface area contributed by atoms with E-state index in [9.17, 15) is 0 Å². The zero-order chi connectivity index (χ0) is 12.1. The van der Waals surface area contributed by atoms with Gasteiger partial charge in [0, 0.05) is 17.0 Å². The molecule has 0 bridgehead atoms. The van der Waals surface area contributed by atoms with Gasteiger partial charge in [0.2, 0.25) is 0 Å². The largest absolute Gasteiger partial charge is 0.356 e. The van der Waals surface area contributed by atoms with Crippen molar-refractivity contribution in [2.75, 3.05) is 0 Å². The smallest absolute Gasteiger partial charge is 0.0630 e. The first-order valence-electron chi connectivity index (χ1n) is 5.64. The van der Waals surface area contributed by atoms with Crippen LogP contribution in [0, 0.1) is 0 Å². The molecule has 1 aliphatic heterocycles. The van der Waals surface area contributed by atoms with Gasteiger partial charge in [-0.3, -0.25) is 4.99 Å². The second-order valence-electron chi connectivity index (χ2n) is 4.01. The molecule has 0 atom stereocenters. The lowest BCUT2D eigenvalue weighted by molar-refractivity contribution is 0.985.